The number of hydrogen-bond acceptors (Lipinski definition) is 1. The Morgan fingerprint density at radius 2 is 1.46 bits per heavy atom. The predicted molar refractivity (Wildman–Crippen MR) is 199 cm³/mol. The smallest absolute Gasteiger partial charge is 0.0998 e. The molecule has 5 aromatic carbocycles. The Balaban J connectivity index is 1.40. The molecule has 2 heterocycles. The molecule has 0 saturated heterocycles. The van der Waals surface area contributed by atoms with E-state index in [1.807, 2.05) is 18.2 Å². The summed E-state index contributed by atoms with van der Waals surface area (Å²) in [6.07, 6.45) is 11.3. The maximum Gasteiger partial charge on any atom is 0.0998 e. The highest BCUT2D eigenvalue weighted by Crippen LogP contribution is 2.50. The van der Waals surface area contributed by atoms with Gasteiger partial charge in [0.1, 0.15) is 0 Å². The van der Waals surface area contributed by atoms with Gasteiger partial charge >= 0.3 is 0 Å². The molecule has 0 spiro atoms. The summed E-state index contributed by atoms with van der Waals surface area (Å²) >= 11 is 0. The van der Waals surface area contributed by atoms with E-state index in [2.05, 4.69) is 156 Å². The molecule has 0 aliphatic heterocycles. The normalized spacial score (nSPS) is 18.1. The molecule has 7 aromatic rings. The third-order valence-corrected chi connectivity index (χ3v) is 10.6. The van der Waals surface area contributed by atoms with Gasteiger partial charge in [0.2, 0.25) is 0 Å². The number of nitrogens with zero attached hydrogens (tertiary/aromatic N) is 3. The van der Waals surface area contributed by atoms with Crippen LogP contribution in [-0.4, -0.2) is 9.13 Å². The van der Waals surface area contributed by atoms with E-state index in [4.69, 9.17) is 0 Å². The molecule has 2 aromatic heterocycles. The summed E-state index contributed by atoms with van der Waals surface area (Å²) in [4.78, 5) is 0. The van der Waals surface area contributed by atoms with E-state index in [9.17, 15) is 5.26 Å². The molecule has 0 amide bonds. The van der Waals surface area contributed by atoms with E-state index >= 15 is 0 Å². The molecular weight excluding hydrogens is 583 g/mol. The molecule has 0 N–H and O–H groups in total. The third kappa shape index (κ3) is 4.06. The molecule has 230 valence electrons. The highest BCUT2D eigenvalue weighted by Gasteiger charge is 2.40. The minimum absolute atomic E-state index is 0.368. The second-order valence-electron chi connectivity index (χ2n) is 13.5. The SMILES string of the molecule is CC1C=Cc2c(c3cccc(C4(C)CC=Cc5c4n(-c4ccccc4-c4ccccc4C#N)c4ccccc54)c3n2-c2ccccc2)C1. The summed E-state index contributed by atoms with van der Waals surface area (Å²) in [6.45, 7) is 4.75. The van der Waals surface area contributed by atoms with Crippen LogP contribution in [0.4, 0.5) is 0 Å². The van der Waals surface area contributed by atoms with Gasteiger partial charge in [0.25, 0.3) is 0 Å². The summed E-state index contributed by atoms with van der Waals surface area (Å²) in [5.41, 5.74) is 13.6. The molecule has 0 fully saturated rings. The van der Waals surface area contributed by atoms with Crippen LogP contribution in [0.3, 0.4) is 0 Å². The monoisotopic (exact) mass is 617 g/mol. The Bertz CT molecular complexity index is 2500. The zero-order valence-electron chi connectivity index (χ0n) is 27.2. The highest BCUT2D eigenvalue weighted by molar-refractivity contribution is 5.98. The number of allylic oxidation sites excluding steroid dienone is 2. The Kier molecular flexibility index (Phi) is 6.42. The maximum absolute atomic E-state index is 10.1. The molecule has 48 heavy (non-hydrogen) atoms. The van der Waals surface area contributed by atoms with Crippen molar-refractivity contribution >= 4 is 34.0 Å². The van der Waals surface area contributed by atoms with Crippen molar-refractivity contribution in [2.75, 3.05) is 0 Å². The van der Waals surface area contributed by atoms with E-state index in [0.717, 1.165) is 29.7 Å². The summed E-state index contributed by atoms with van der Waals surface area (Å²) in [5, 5.41) is 12.7. The second kappa shape index (κ2) is 10.9. The summed E-state index contributed by atoms with van der Waals surface area (Å²) in [5.74, 6) is 0.492. The first-order valence-corrected chi connectivity index (χ1v) is 16.9. The van der Waals surface area contributed by atoms with Crippen LogP contribution in [0.1, 0.15) is 53.9 Å². The van der Waals surface area contributed by atoms with Gasteiger partial charge < -0.3 is 9.13 Å². The van der Waals surface area contributed by atoms with E-state index in [1.165, 1.54) is 55.6 Å². The number of aromatic nitrogens is 2. The van der Waals surface area contributed by atoms with Crippen LogP contribution < -0.4 is 0 Å². The van der Waals surface area contributed by atoms with Crippen molar-refractivity contribution in [2.24, 2.45) is 5.92 Å². The van der Waals surface area contributed by atoms with Crippen LogP contribution in [-0.2, 0) is 11.8 Å². The average molecular weight is 618 g/mol. The van der Waals surface area contributed by atoms with Crippen LogP contribution in [0.5, 0.6) is 0 Å². The van der Waals surface area contributed by atoms with E-state index in [0.29, 0.717) is 11.5 Å². The largest absolute Gasteiger partial charge is 0.311 e. The fourth-order valence-corrected chi connectivity index (χ4v) is 8.43. The maximum atomic E-state index is 10.1. The first kappa shape index (κ1) is 28.4. The number of fused-ring (bicyclic) bond motifs is 6. The van der Waals surface area contributed by atoms with Crippen molar-refractivity contribution in [1.82, 2.24) is 9.13 Å². The van der Waals surface area contributed by atoms with Gasteiger partial charge in [0, 0.05) is 50.0 Å². The van der Waals surface area contributed by atoms with Crippen LogP contribution in [0.2, 0.25) is 0 Å². The zero-order chi connectivity index (χ0) is 32.4. The number of rotatable bonds is 4. The standard InChI is InChI=1S/C45H35N3/c1-30-25-26-42-38(28-30)36-20-12-22-39(43(36)47(42)32-15-4-3-5-16-32)45(2)27-13-21-37-35-19-9-11-24-41(35)48(44(37)45)40-23-10-8-18-34(40)33-17-7-6-14-31(33)29-46/h3-26,30H,27-28H2,1-2H3. The number of hydrogen-bond donors (Lipinski definition) is 0. The minimum Gasteiger partial charge on any atom is -0.311 e. The molecule has 2 aliphatic rings. The van der Waals surface area contributed by atoms with Gasteiger partial charge in [0.15, 0.2) is 0 Å². The van der Waals surface area contributed by atoms with Gasteiger partial charge in [-0.05, 0) is 73.2 Å². The molecule has 0 bridgehead atoms. The summed E-state index contributed by atoms with van der Waals surface area (Å²) in [7, 11) is 0. The summed E-state index contributed by atoms with van der Waals surface area (Å²) < 4.78 is 5.00. The highest BCUT2D eigenvalue weighted by atomic mass is 15.0. The fourth-order valence-electron chi connectivity index (χ4n) is 8.43. The van der Waals surface area contributed by atoms with Crippen LogP contribution in [0.15, 0.2) is 133 Å². The fraction of sp³-hybridized carbons (Fsp3) is 0.133. The van der Waals surface area contributed by atoms with Crippen LogP contribution in [0.25, 0.3) is 56.5 Å². The third-order valence-electron chi connectivity index (χ3n) is 10.6. The molecule has 2 atom stereocenters. The number of nitriles is 1. The van der Waals surface area contributed by atoms with Gasteiger partial charge in [-0.15, -0.1) is 0 Å². The van der Waals surface area contributed by atoms with Crippen molar-refractivity contribution in [3.8, 4) is 28.6 Å². The second-order valence-corrected chi connectivity index (χ2v) is 13.5. The summed E-state index contributed by atoms with van der Waals surface area (Å²) in [6, 6.07) is 45.6. The molecule has 3 nitrogen and oxygen atoms in total. The topological polar surface area (TPSA) is 33.6 Å². The van der Waals surface area contributed by atoms with Gasteiger partial charge in [0.05, 0.1) is 28.4 Å². The zero-order valence-corrected chi connectivity index (χ0v) is 27.2. The van der Waals surface area contributed by atoms with E-state index in [-0.39, 0.29) is 5.41 Å². The molecule has 2 aliphatic carbocycles. The lowest BCUT2D eigenvalue weighted by Gasteiger charge is -2.35. The van der Waals surface area contributed by atoms with Crippen molar-refractivity contribution < 1.29 is 0 Å². The number of benzene rings is 5. The van der Waals surface area contributed by atoms with Gasteiger partial charge in [-0.3, -0.25) is 0 Å². The average Bonchev–Trinajstić information content (AvgIpc) is 3.65. The quantitative estimate of drug-likeness (QED) is 0.193. The predicted octanol–water partition coefficient (Wildman–Crippen LogP) is 11.0. The molecule has 2 unspecified atom stereocenters. The van der Waals surface area contributed by atoms with Crippen molar-refractivity contribution in [2.45, 2.75) is 32.1 Å². The molecule has 0 radical (unpaired) electrons. The Morgan fingerprint density at radius 1 is 0.729 bits per heavy atom. The van der Waals surface area contributed by atoms with Crippen LogP contribution >= 0.6 is 0 Å². The van der Waals surface area contributed by atoms with Crippen molar-refractivity contribution in [3.63, 3.8) is 0 Å². The lowest BCUT2D eigenvalue weighted by molar-refractivity contribution is 0.550. The Hall–Kier alpha value is -5.85. The molecular formula is C45H35N3. The first-order chi connectivity index (χ1) is 23.6. The Labute approximate surface area is 281 Å². The van der Waals surface area contributed by atoms with Crippen molar-refractivity contribution in [3.05, 3.63) is 167 Å². The minimum atomic E-state index is -0.368. The first-order valence-electron chi connectivity index (χ1n) is 16.9. The van der Waals surface area contributed by atoms with Crippen LogP contribution in [0, 0.1) is 17.2 Å². The van der Waals surface area contributed by atoms with Gasteiger partial charge in [-0.25, -0.2) is 0 Å². The molecule has 0 saturated carbocycles. The lowest BCUT2D eigenvalue weighted by atomic mass is 9.71. The molecule has 9 rings (SSSR count). The Morgan fingerprint density at radius 3 is 2.31 bits per heavy atom. The van der Waals surface area contributed by atoms with Gasteiger partial charge in [-0.1, -0.05) is 116 Å². The van der Waals surface area contributed by atoms with Crippen molar-refractivity contribution in [1.29, 1.82) is 5.26 Å². The van der Waals surface area contributed by atoms with E-state index in [1.54, 1.807) is 0 Å². The number of para-hydroxylation sites is 4. The van der Waals surface area contributed by atoms with E-state index < -0.39 is 0 Å². The molecule has 3 heteroatoms. The van der Waals surface area contributed by atoms with Gasteiger partial charge in [-0.2, -0.15) is 5.26 Å². The lowest BCUT2D eigenvalue weighted by Crippen LogP contribution is -2.29.